The van der Waals surface area contributed by atoms with E-state index in [1.165, 1.54) is 56.6 Å². The Labute approximate surface area is 118 Å². The Morgan fingerprint density at radius 3 is 2.42 bits per heavy atom. The summed E-state index contributed by atoms with van der Waals surface area (Å²) in [6, 6.07) is 8.97. The summed E-state index contributed by atoms with van der Waals surface area (Å²) in [5.74, 6) is 0.756. The second-order valence-electron chi connectivity index (χ2n) is 5.87. The number of benzene rings is 1. The molecule has 1 aromatic rings. The lowest BCUT2D eigenvalue weighted by atomic mass is 10.1. The quantitative estimate of drug-likeness (QED) is 0.808. The summed E-state index contributed by atoms with van der Waals surface area (Å²) in [5.41, 5.74) is 2.63. The van der Waals surface area contributed by atoms with Gasteiger partial charge in [0.1, 0.15) is 0 Å². The van der Waals surface area contributed by atoms with Gasteiger partial charge in [-0.3, -0.25) is 0 Å². The molecule has 1 aliphatic heterocycles. The predicted octanol–water partition coefficient (Wildman–Crippen LogP) is 4.53. The van der Waals surface area contributed by atoms with Crippen molar-refractivity contribution >= 4 is 11.4 Å². The number of hydrogen-bond acceptors (Lipinski definition) is 2. The number of anilines is 2. The average molecular weight is 260 g/mol. The van der Waals surface area contributed by atoms with Crippen LogP contribution in [0.2, 0.25) is 0 Å². The molecule has 2 nitrogen and oxygen atoms in total. The third-order valence-corrected chi connectivity index (χ3v) is 4.02. The highest BCUT2D eigenvalue weighted by molar-refractivity contribution is 5.55. The van der Waals surface area contributed by atoms with Crippen molar-refractivity contribution < 1.29 is 0 Å². The third kappa shape index (κ3) is 4.45. The van der Waals surface area contributed by atoms with E-state index >= 15 is 0 Å². The van der Waals surface area contributed by atoms with Gasteiger partial charge in [0.25, 0.3) is 0 Å². The van der Waals surface area contributed by atoms with E-state index in [4.69, 9.17) is 0 Å². The maximum absolute atomic E-state index is 3.54. The van der Waals surface area contributed by atoms with E-state index in [9.17, 15) is 0 Å². The zero-order chi connectivity index (χ0) is 13.5. The first-order chi connectivity index (χ1) is 9.29. The topological polar surface area (TPSA) is 15.3 Å². The molecule has 0 saturated carbocycles. The third-order valence-electron chi connectivity index (χ3n) is 4.02. The number of piperidine rings is 1. The monoisotopic (exact) mass is 260 g/mol. The van der Waals surface area contributed by atoms with Gasteiger partial charge in [-0.05, 0) is 55.9 Å². The molecular formula is C17H28N2. The van der Waals surface area contributed by atoms with Crippen molar-refractivity contribution in [2.45, 2.75) is 46.0 Å². The lowest BCUT2D eigenvalue weighted by molar-refractivity contribution is 0.551. The second kappa shape index (κ2) is 7.42. The smallest absolute Gasteiger partial charge is 0.0367 e. The highest BCUT2D eigenvalue weighted by Gasteiger charge is 2.10. The molecule has 0 spiro atoms. The largest absolute Gasteiger partial charge is 0.385 e. The van der Waals surface area contributed by atoms with Gasteiger partial charge >= 0.3 is 0 Å². The lowest BCUT2D eigenvalue weighted by Crippen LogP contribution is -2.29. The molecule has 0 bridgehead atoms. The lowest BCUT2D eigenvalue weighted by Gasteiger charge is -2.29. The summed E-state index contributed by atoms with van der Waals surface area (Å²) in [6.07, 6.45) is 6.66. The summed E-state index contributed by atoms with van der Waals surface area (Å²) in [5, 5.41) is 3.54. The summed E-state index contributed by atoms with van der Waals surface area (Å²) in [4.78, 5) is 2.51. The molecule has 2 heteroatoms. The van der Waals surface area contributed by atoms with Crippen molar-refractivity contribution in [1.29, 1.82) is 0 Å². The van der Waals surface area contributed by atoms with Crippen LogP contribution in [0.3, 0.4) is 0 Å². The van der Waals surface area contributed by atoms with Crippen molar-refractivity contribution in [3.63, 3.8) is 0 Å². The van der Waals surface area contributed by atoms with Gasteiger partial charge in [0.05, 0.1) is 0 Å². The van der Waals surface area contributed by atoms with Crippen molar-refractivity contribution in [3.8, 4) is 0 Å². The molecule has 0 aliphatic carbocycles. The van der Waals surface area contributed by atoms with Crippen LogP contribution in [0.25, 0.3) is 0 Å². The number of hydrogen-bond donors (Lipinski definition) is 1. The van der Waals surface area contributed by atoms with Crippen LogP contribution >= 0.6 is 0 Å². The molecule has 1 aromatic carbocycles. The zero-order valence-corrected chi connectivity index (χ0v) is 12.5. The normalized spacial score (nSPS) is 17.3. The Morgan fingerprint density at radius 1 is 1.11 bits per heavy atom. The number of rotatable bonds is 6. The molecule has 1 atom stereocenters. The zero-order valence-electron chi connectivity index (χ0n) is 12.5. The summed E-state index contributed by atoms with van der Waals surface area (Å²) in [6.45, 7) is 8.10. The van der Waals surface area contributed by atoms with Crippen molar-refractivity contribution in [2.24, 2.45) is 5.92 Å². The van der Waals surface area contributed by atoms with Gasteiger partial charge in [0.2, 0.25) is 0 Å². The SMILES string of the molecule is CCCC(C)CNc1ccc(N2CCCCC2)cc1. The Hall–Kier alpha value is -1.18. The van der Waals surface area contributed by atoms with Crippen LogP contribution < -0.4 is 10.2 Å². The van der Waals surface area contributed by atoms with Crippen LogP contribution in [-0.2, 0) is 0 Å². The fourth-order valence-corrected chi connectivity index (χ4v) is 2.83. The Kier molecular flexibility index (Phi) is 5.56. The van der Waals surface area contributed by atoms with Crippen LogP contribution in [0.5, 0.6) is 0 Å². The van der Waals surface area contributed by atoms with Crippen molar-refractivity contribution in [2.75, 3.05) is 29.9 Å². The van der Waals surface area contributed by atoms with E-state index in [2.05, 4.69) is 48.3 Å². The van der Waals surface area contributed by atoms with Gasteiger partial charge in [-0.1, -0.05) is 20.3 Å². The molecule has 1 saturated heterocycles. The van der Waals surface area contributed by atoms with Gasteiger partial charge in [0, 0.05) is 31.0 Å². The van der Waals surface area contributed by atoms with Gasteiger partial charge < -0.3 is 10.2 Å². The highest BCUT2D eigenvalue weighted by atomic mass is 15.1. The first-order valence-electron chi connectivity index (χ1n) is 7.88. The van der Waals surface area contributed by atoms with E-state index in [-0.39, 0.29) is 0 Å². The van der Waals surface area contributed by atoms with Gasteiger partial charge in [0.15, 0.2) is 0 Å². The second-order valence-corrected chi connectivity index (χ2v) is 5.87. The minimum Gasteiger partial charge on any atom is -0.385 e. The molecule has 2 rings (SSSR count). The summed E-state index contributed by atoms with van der Waals surface area (Å²) >= 11 is 0. The van der Waals surface area contributed by atoms with Crippen LogP contribution in [0.1, 0.15) is 46.0 Å². The average Bonchev–Trinajstić information content (AvgIpc) is 2.47. The van der Waals surface area contributed by atoms with Crippen molar-refractivity contribution in [1.82, 2.24) is 0 Å². The molecule has 1 heterocycles. The first-order valence-corrected chi connectivity index (χ1v) is 7.88. The van der Waals surface area contributed by atoms with Crippen LogP contribution in [0.15, 0.2) is 24.3 Å². The molecule has 1 N–H and O–H groups in total. The van der Waals surface area contributed by atoms with Crippen molar-refractivity contribution in [3.05, 3.63) is 24.3 Å². The van der Waals surface area contributed by atoms with Crippen LogP contribution in [0, 0.1) is 5.92 Å². The predicted molar refractivity (Wildman–Crippen MR) is 85.1 cm³/mol. The molecule has 1 aliphatic rings. The molecular weight excluding hydrogens is 232 g/mol. The van der Waals surface area contributed by atoms with Gasteiger partial charge in [-0.25, -0.2) is 0 Å². The van der Waals surface area contributed by atoms with Crippen LogP contribution in [-0.4, -0.2) is 19.6 Å². The molecule has 106 valence electrons. The number of nitrogens with zero attached hydrogens (tertiary/aromatic N) is 1. The fraction of sp³-hybridized carbons (Fsp3) is 0.647. The summed E-state index contributed by atoms with van der Waals surface area (Å²) in [7, 11) is 0. The molecule has 1 fully saturated rings. The van der Waals surface area contributed by atoms with E-state index in [1.807, 2.05) is 0 Å². The Bertz CT molecular complexity index is 352. The molecule has 0 aromatic heterocycles. The number of nitrogens with one attached hydrogen (secondary N) is 1. The first kappa shape index (κ1) is 14.2. The molecule has 0 amide bonds. The minimum absolute atomic E-state index is 0.756. The molecule has 1 unspecified atom stereocenters. The molecule has 0 radical (unpaired) electrons. The van der Waals surface area contributed by atoms with Gasteiger partial charge in [-0.15, -0.1) is 0 Å². The van der Waals surface area contributed by atoms with Crippen LogP contribution in [0.4, 0.5) is 11.4 Å². The Morgan fingerprint density at radius 2 is 1.79 bits per heavy atom. The minimum atomic E-state index is 0.756. The highest BCUT2D eigenvalue weighted by Crippen LogP contribution is 2.22. The maximum Gasteiger partial charge on any atom is 0.0367 e. The summed E-state index contributed by atoms with van der Waals surface area (Å²) < 4.78 is 0. The van der Waals surface area contributed by atoms with E-state index in [0.29, 0.717) is 0 Å². The standard InChI is InChI=1S/C17H28N2/c1-3-7-15(2)14-18-16-8-10-17(11-9-16)19-12-5-4-6-13-19/h8-11,15,18H,3-7,12-14H2,1-2H3. The van der Waals surface area contributed by atoms with E-state index in [0.717, 1.165) is 12.5 Å². The fourth-order valence-electron chi connectivity index (χ4n) is 2.83. The van der Waals surface area contributed by atoms with E-state index < -0.39 is 0 Å². The Balaban J connectivity index is 1.83. The maximum atomic E-state index is 3.54. The molecule has 19 heavy (non-hydrogen) atoms. The van der Waals surface area contributed by atoms with Gasteiger partial charge in [-0.2, -0.15) is 0 Å². The van der Waals surface area contributed by atoms with E-state index in [1.54, 1.807) is 0 Å².